The number of nitrogens with zero attached hydrogens (tertiary/aromatic N) is 4. The summed E-state index contributed by atoms with van der Waals surface area (Å²) in [7, 11) is 0. The highest BCUT2D eigenvalue weighted by atomic mass is 32.2. The maximum absolute atomic E-state index is 12.7. The molecule has 128 valence electrons. The van der Waals surface area contributed by atoms with E-state index in [1.165, 1.54) is 28.1 Å². The van der Waals surface area contributed by atoms with Crippen molar-refractivity contribution in [3.05, 3.63) is 48.3 Å². The minimum atomic E-state index is -0.289. The minimum absolute atomic E-state index is 0.151. The van der Waals surface area contributed by atoms with E-state index in [2.05, 4.69) is 15.3 Å². The summed E-state index contributed by atoms with van der Waals surface area (Å²) in [5, 5.41) is 13.9. The first kappa shape index (κ1) is 15.9. The quantitative estimate of drug-likeness (QED) is 0.683. The zero-order valence-corrected chi connectivity index (χ0v) is 14.5. The molecule has 10 heteroatoms. The summed E-state index contributed by atoms with van der Waals surface area (Å²) in [5.41, 5.74) is 6.27. The van der Waals surface area contributed by atoms with Crippen LogP contribution in [-0.4, -0.2) is 32.6 Å². The molecule has 8 nitrogen and oxygen atoms in total. The van der Waals surface area contributed by atoms with Gasteiger partial charge >= 0.3 is 0 Å². The lowest BCUT2D eigenvalue weighted by Crippen LogP contribution is -2.28. The first-order valence-electron chi connectivity index (χ1n) is 7.39. The third-order valence-corrected chi connectivity index (χ3v) is 5.45. The summed E-state index contributed by atoms with van der Waals surface area (Å²) >= 11 is 2.53. The Morgan fingerprint density at radius 3 is 2.84 bits per heavy atom. The number of carbonyl (C=O) groups is 1. The van der Waals surface area contributed by atoms with Crippen molar-refractivity contribution in [3.63, 3.8) is 0 Å². The molecular formula is C15H13N5O3S2. The Hall–Kier alpha value is -2.59. The molecule has 2 N–H and O–H groups in total. The molecule has 0 fully saturated rings. The first-order chi connectivity index (χ1) is 12.2. The van der Waals surface area contributed by atoms with Gasteiger partial charge in [0.2, 0.25) is 5.13 Å². The zero-order valence-electron chi connectivity index (χ0n) is 12.9. The molecule has 1 aliphatic heterocycles. The number of nitrogen functional groups attached to an aromatic ring is 1. The number of aromatic nitrogens is 2. The standard InChI is InChI=1S/C15H13N5O3S2/c16-14-17-18-15(25-14)24-8-13(21)20-10(12-4-2-6-23-12)7-9(19-20)11-3-1-5-22-11/h1-6,10H,7-8H2,(H2,16,17). The van der Waals surface area contributed by atoms with Crippen molar-refractivity contribution in [2.75, 3.05) is 11.5 Å². The average molecular weight is 375 g/mol. The summed E-state index contributed by atoms with van der Waals surface area (Å²) in [6.07, 6.45) is 3.70. The number of hydrazone groups is 1. The van der Waals surface area contributed by atoms with Crippen LogP contribution in [-0.2, 0) is 4.79 Å². The maximum atomic E-state index is 12.7. The molecule has 0 saturated carbocycles. The van der Waals surface area contributed by atoms with Gasteiger partial charge in [-0.3, -0.25) is 4.79 Å². The molecule has 3 aromatic heterocycles. The van der Waals surface area contributed by atoms with Crippen molar-refractivity contribution in [1.29, 1.82) is 0 Å². The van der Waals surface area contributed by atoms with Crippen LogP contribution in [0.25, 0.3) is 0 Å². The monoisotopic (exact) mass is 375 g/mol. The van der Waals surface area contributed by atoms with Gasteiger partial charge in [-0.2, -0.15) is 5.10 Å². The molecule has 4 rings (SSSR count). The van der Waals surface area contributed by atoms with E-state index in [0.29, 0.717) is 33.1 Å². The van der Waals surface area contributed by atoms with Crippen molar-refractivity contribution in [2.45, 2.75) is 16.8 Å². The van der Waals surface area contributed by atoms with Gasteiger partial charge in [0.15, 0.2) is 4.34 Å². The van der Waals surface area contributed by atoms with Gasteiger partial charge in [0.25, 0.3) is 5.91 Å². The molecule has 0 bridgehead atoms. The molecule has 1 atom stereocenters. The van der Waals surface area contributed by atoms with E-state index in [4.69, 9.17) is 14.6 Å². The number of amides is 1. The predicted octanol–water partition coefficient (Wildman–Crippen LogP) is 2.78. The fourth-order valence-electron chi connectivity index (χ4n) is 2.50. The van der Waals surface area contributed by atoms with Gasteiger partial charge < -0.3 is 14.6 Å². The van der Waals surface area contributed by atoms with Crippen LogP contribution in [0.15, 0.2) is 55.1 Å². The van der Waals surface area contributed by atoms with E-state index in [0.717, 1.165) is 0 Å². The highest BCUT2D eigenvalue weighted by Crippen LogP contribution is 2.34. The van der Waals surface area contributed by atoms with E-state index in [-0.39, 0.29) is 17.7 Å². The van der Waals surface area contributed by atoms with E-state index >= 15 is 0 Å². The summed E-state index contributed by atoms with van der Waals surface area (Å²) in [4.78, 5) is 12.7. The van der Waals surface area contributed by atoms with Crippen molar-refractivity contribution >= 4 is 39.8 Å². The number of carbonyl (C=O) groups excluding carboxylic acids is 1. The minimum Gasteiger partial charge on any atom is -0.467 e. The Morgan fingerprint density at radius 2 is 2.16 bits per heavy atom. The van der Waals surface area contributed by atoms with Crippen molar-refractivity contribution in [3.8, 4) is 0 Å². The van der Waals surface area contributed by atoms with E-state index in [1.807, 2.05) is 12.1 Å². The van der Waals surface area contributed by atoms with Crippen LogP contribution in [0.4, 0.5) is 5.13 Å². The van der Waals surface area contributed by atoms with Crippen LogP contribution in [0.3, 0.4) is 0 Å². The van der Waals surface area contributed by atoms with Crippen molar-refractivity contribution < 1.29 is 13.6 Å². The largest absolute Gasteiger partial charge is 0.467 e. The van der Waals surface area contributed by atoms with Gasteiger partial charge in [-0.15, -0.1) is 10.2 Å². The number of rotatable bonds is 5. The molecule has 1 unspecified atom stereocenters. The Labute approximate surface area is 150 Å². The van der Waals surface area contributed by atoms with Crippen LogP contribution in [0.1, 0.15) is 24.0 Å². The summed E-state index contributed by atoms with van der Waals surface area (Å²) in [5.74, 6) is 1.36. The van der Waals surface area contributed by atoms with Crippen LogP contribution < -0.4 is 5.73 Å². The predicted molar refractivity (Wildman–Crippen MR) is 93.2 cm³/mol. The Bertz CT molecular complexity index is 888. The fraction of sp³-hybridized carbons (Fsp3) is 0.200. The lowest BCUT2D eigenvalue weighted by molar-refractivity contribution is -0.130. The fourth-order valence-corrected chi connectivity index (χ4v) is 3.99. The normalized spacial score (nSPS) is 17.0. The summed E-state index contributed by atoms with van der Waals surface area (Å²) in [6, 6.07) is 6.96. The highest BCUT2D eigenvalue weighted by Gasteiger charge is 2.35. The molecular weight excluding hydrogens is 362 g/mol. The van der Waals surface area contributed by atoms with Crippen LogP contribution in [0.5, 0.6) is 0 Å². The second kappa shape index (κ2) is 6.73. The van der Waals surface area contributed by atoms with E-state index in [1.54, 1.807) is 24.7 Å². The molecule has 3 aromatic rings. The van der Waals surface area contributed by atoms with Crippen molar-refractivity contribution in [1.82, 2.24) is 15.2 Å². The van der Waals surface area contributed by atoms with Crippen LogP contribution in [0.2, 0.25) is 0 Å². The Kier molecular flexibility index (Phi) is 4.28. The second-order valence-corrected chi connectivity index (χ2v) is 7.42. The van der Waals surface area contributed by atoms with E-state index < -0.39 is 0 Å². The summed E-state index contributed by atoms with van der Waals surface area (Å²) in [6.45, 7) is 0. The smallest absolute Gasteiger partial charge is 0.253 e. The van der Waals surface area contributed by atoms with Gasteiger partial charge in [-0.1, -0.05) is 23.1 Å². The Morgan fingerprint density at radius 1 is 1.32 bits per heavy atom. The molecule has 0 aromatic carbocycles. The molecule has 25 heavy (non-hydrogen) atoms. The number of hydrogen-bond donors (Lipinski definition) is 1. The molecule has 1 amide bonds. The number of furan rings is 2. The third kappa shape index (κ3) is 3.30. The number of nitrogens with two attached hydrogens (primary N) is 1. The molecule has 1 aliphatic rings. The van der Waals surface area contributed by atoms with Gasteiger partial charge in [0.1, 0.15) is 23.3 Å². The molecule has 4 heterocycles. The number of thioether (sulfide) groups is 1. The molecule has 0 aliphatic carbocycles. The third-order valence-electron chi connectivity index (χ3n) is 3.58. The lowest BCUT2D eigenvalue weighted by Gasteiger charge is -2.19. The first-order valence-corrected chi connectivity index (χ1v) is 9.19. The van der Waals surface area contributed by atoms with Crippen molar-refractivity contribution in [2.24, 2.45) is 5.10 Å². The maximum Gasteiger partial charge on any atom is 0.253 e. The van der Waals surface area contributed by atoms with Crippen LogP contribution in [0, 0.1) is 0 Å². The average Bonchev–Trinajstić information content (AvgIpc) is 3.38. The molecule has 0 radical (unpaired) electrons. The number of anilines is 1. The summed E-state index contributed by atoms with van der Waals surface area (Å²) < 4.78 is 11.5. The SMILES string of the molecule is Nc1nnc(SCC(=O)N2N=C(c3ccco3)CC2c2ccco2)s1. The molecule has 0 spiro atoms. The highest BCUT2D eigenvalue weighted by molar-refractivity contribution is 8.01. The van der Waals surface area contributed by atoms with Gasteiger partial charge in [-0.05, 0) is 24.3 Å². The zero-order chi connectivity index (χ0) is 17.2. The van der Waals surface area contributed by atoms with E-state index in [9.17, 15) is 4.79 Å². The van der Waals surface area contributed by atoms with Gasteiger partial charge in [-0.25, -0.2) is 5.01 Å². The van der Waals surface area contributed by atoms with Gasteiger partial charge in [0.05, 0.1) is 18.3 Å². The Balaban J connectivity index is 1.53. The topological polar surface area (TPSA) is 111 Å². The lowest BCUT2D eigenvalue weighted by atomic mass is 10.1. The second-order valence-electron chi connectivity index (χ2n) is 5.19. The molecule has 0 saturated heterocycles. The number of hydrogen-bond acceptors (Lipinski definition) is 9. The van der Waals surface area contributed by atoms with Gasteiger partial charge in [0, 0.05) is 6.42 Å². The van der Waals surface area contributed by atoms with Crippen LogP contribution >= 0.6 is 23.1 Å².